The summed E-state index contributed by atoms with van der Waals surface area (Å²) in [6.45, 7) is 6.05. The zero-order valence-electron chi connectivity index (χ0n) is 17.2. The van der Waals surface area contributed by atoms with E-state index in [0.717, 1.165) is 11.3 Å². The van der Waals surface area contributed by atoms with Gasteiger partial charge in [0.1, 0.15) is 5.75 Å². The third kappa shape index (κ3) is 5.48. The van der Waals surface area contributed by atoms with E-state index < -0.39 is 0 Å². The molecule has 0 spiro atoms. The molecule has 0 heterocycles. The first-order chi connectivity index (χ1) is 14.1. The Kier molecular flexibility index (Phi) is 6.69. The van der Waals surface area contributed by atoms with Crippen molar-refractivity contribution < 1.29 is 14.2 Å². The molecule has 3 rings (SSSR count). The SMILES string of the molecule is COc1ccccc1O/C=C(C)/C(=N\c1ccc(C)c(C)c1)Oc1ccccc1. The van der Waals surface area contributed by atoms with Crippen LogP contribution in [0.4, 0.5) is 5.69 Å². The van der Waals surface area contributed by atoms with Gasteiger partial charge < -0.3 is 14.2 Å². The highest BCUT2D eigenvalue weighted by molar-refractivity contribution is 5.96. The maximum Gasteiger partial charge on any atom is 0.225 e. The van der Waals surface area contributed by atoms with Crippen molar-refractivity contribution in [2.45, 2.75) is 20.8 Å². The second-order valence-corrected chi connectivity index (χ2v) is 6.67. The molecule has 0 radical (unpaired) electrons. The largest absolute Gasteiger partial charge is 0.493 e. The number of aliphatic imine (C=N–C) groups is 1. The smallest absolute Gasteiger partial charge is 0.225 e. The maximum atomic E-state index is 6.07. The average molecular weight is 387 g/mol. The van der Waals surface area contributed by atoms with E-state index >= 15 is 0 Å². The van der Waals surface area contributed by atoms with Crippen molar-refractivity contribution in [1.29, 1.82) is 0 Å². The number of aryl methyl sites for hydroxylation is 2. The Morgan fingerprint density at radius 2 is 1.52 bits per heavy atom. The molecule has 0 aliphatic heterocycles. The molecule has 0 fully saturated rings. The Balaban J connectivity index is 1.92. The highest BCUT2D eigenvalue weighted by Gasteiger charge is 2.09. The lowest BCUT2D eigenvalue weighted by Gasteiger charge is -2.11. The van der Waals surface area contributed by atoms with Gasteiger partial charge in [0, 0.05) is 5.57 Å². The normalized spacial score (nSPS) is 11.9. The van der Waals surface area contributed by atoms with E-state index in [1.807, 2.05) is 73.7 Å². The van der Waals surface area contributed by atoms with Crippen molar-refractivity contribution >= 4 is 11.6 Å². The number of methoxy groups -OCH3 is 1. The monoisotopic (exact) mass is 387 g/mol. The van der Waals surface area contributed by atoms with Crippen LogP contribution in [0.2, 0.25) is 0 Å². The van der Waals surface area contributed by atoms with Crippen LogP contribution in [0, 0.1) is 13.8 Å². The summed E-state index contributed by atoms with van der Waals surface area (Å²) < 4.78 is 17.2. The molecule has 0 aliphatic carbocycles. The quantitative estimate of drug-likeness (QED) is 0.279. The predicted octanol–water partition coefficient (Wildman–Crippen LogP) is 6.40. The summed E-state index contributed by atoms with van der Waals surface area (Å²) in [6.07, 6.45) is 1.63. The molecule has 4 heteroatoms. The van der Waals surface area contributed by atoms with Gasteiger partial charge in [-0.1, -0.05) is 36.4 Å². The molecular formula is C25H25NO3. The van der Waals surface area contributed by atoms with E-state index in [9.17, 15) is 0 Å². The first-order valence-corrected chi connectivity index (χ1v) is 9.42. The van der Waals surface area contributed by atoms with E-state index in [-0.39, 0.29) is 0 Å². The summed E-state index contributed by atoms with van der Waals surface area (Å²) in [7, 11) is 1.61. The number of benzene rings is 3. The standard InChI is InChI=1S/C25H25NO3/c1-18-14-15-21(16-19(18)2)26-25(29-22-10-6-5-7-11-22)20(3)17-28-24-13-9-8-12-23(24)27-4/h5-17H,1-4H3/b20-17+,26-25+. The fourth-order valence-corrected chi connectivity index (χ4v) is 2.62. The van der Waals surface area contributed by atoms with Crippen LogP contribution in [0.3, 0.4) is 0 Å². The summed E-state index contributed by atoms with van der Waals surface area (Å²) in [5.41, 5.74) is 3.97. The van der Waals surface area contributed by atoms with Gasteiger partial charge in [0.2, 0.25) is 5.90 Å². The van der Waals surface area contributed by atoms with Crippen LogP contribution in [0.25, 0.3) is 0 Å². The lowest BCUT2D eigenvalue weighted by Crippen LogP contribution is -2.11. The van der Waals surface area contributed by atoms with Crippen LogP contribution in [0.1, 0.15) is 18.1 Å². The molecule has 0 N–H and O–H groups in total. The summed E-state index contributed by atoms with van der Waals surface area (Å²) in [6, 6.07) is 23.1. The minimum Gasteiger partial charge on any atom is -0.493 e. The zero-order chi connectivity index (χ0) is 20.6. The number of para-hydroxylation sites is 3. The van der Waals surface area contributed by atoms with Crippen LogP contribution in [0.5, 0.6) is 17.2 Å². The second kappa shape index (κ2) is 9.60. The van der Waals surface area contributed by atoms with Gasteiger partial charge >= 0.3 is 0 Å². The van der Waals surface area contributed by atoms with Gasteiger partial charge in [-0.05, 0) is 68.3 Å². The molecule has 0 aromatic heterocycles. The van der Waals surface area contributed by atoms with Gasteiger partial charge in [-0.2, -0.15) is 0 Å². The van der Waals surface area contributed by atoms with Gasteiger partial charge in [0.05, 0.1) is 19.1 Å². The van der Waals surface area contributed by atoms with Crippen molar-refractivity contribution in [3.8, 4) is 17.2 Å². The molecule has 0 aliphatic rings. The molecular weight excluding hydrogens is 362 g/mol. The number of nitrogens with zero attached hydrogens (tertiary/aromatic N) is 1. The molecule has 0 saturated heterocycles. The molecule has 3 aromatic rings. The highest BCUT2D eigenvalue weighted by atomic mass is 16.5. The van der Waals surface area contributed by atoms with Gasteiger partial charge in [0.15, 0.2) is 11.5 Å². The van der Waals surface area contributed by atoms with Crippen molar-refractivity contribution in [1.82, 2.24) is 0 Å². The van der Waals surface area contributed by atoms with Crippen LogP contribution in [-0.4, -0.2) is 13.0 Å². The first-order valence-electron chi connectivity index (χ1n) is 9.42. The number of rotatable bonds is 6. The van der Waals surface area contributed by atoms with Gasteiger partial charge in [0.25, 0.3) is 0 Å². The number of hydrogen-bond donors (Lipinski definition) is 0. The molecule has 0 amide bonds. The third-order valence-corrected chi connectivity index (χ3v) is 4.45. The number of ether oxygens (including phenoxy) is 3. The maximum absolute atomic E-state index is 6.07. The summed E-state index contributed by atoms with van der Waals surface area (Å²) >= 11 is 0. The van der Waals surface area contributed by atoms with E-state index in [4.69, 9.17) is 19.2 Å². The molecule has 29 heavy (non-hydrogen) atoms. The Labute approximate surface area is 172 Å². The average Bonchev–Trinajstić information content (AvgIpc) is 2.75. The summed E-state index contributed by atoms with van der Waals surface area (Å²) in [4.78, 5) is 4.73. The fraction of sp³-hybridized carbons (Fsp3) is 0.160. The van der Waals surface area contributed by atoms with E-state index in [0.29, 0.717) is 23.1 Å². The van der Waals surface area contributed by atoms with Crippen LogP contribution >= 0.6 is 0 Å². The minimum atomic E-state index is 0.467. The van der Waals surface area contributed by atoms with E-state index in [2.05, 4.69) is 19.9 Å². The second-order valence-electron chi connectivity index (χ2n) is 6.67. The van der Waals surface area contributed by atoms with Crippen molar-refractivity contribution in [2.75, 3.05) is 7.11 Å². The predicted molar refractivity (Wildman–Crippen MR) is 117 cm³/mol. The molecule has 0 atom stereocenters. The Morgan fingerprint density at radius 3 is 2.21 bits per heavy atom. The molecule has 0 bridgehead atoms. The van der Waals surface area contributed by atoms with E-state index in [1.54, 1.807) is 13.4 Å². The van der Waals surface area contributed by atoms with Gasteiger partial charge in [-0.25, -0.2) is 4.99 Å². The Bertz CT molecular complexity index is 1020. The Morgan fingerprint density at radius 1 is 0.828 bits per heavy atom. The lowest BCUT2D eigenvalue weighted by molar-refractivity contribution is 0.377. The van der Waals surface area contributed by atoms with Crippen molar-refractivity contribution in [3.63, 3.8) is 0 Å². The number of hydrogen-bond acceptors (Lipinski definition) is 4. The van der Waals surface area contributed by atoms with Crippen LogP contribution in [0.15, 0.2) is 89.6 Å². The lowest BCUT2D eigenvalue weighted by atomic mass is 10.1. The first kappa shape index (κ1) is 20.2. The molecule has 3 aromatic carbocycles. The molecule has 0 saturated carbocycles. The molecule has 0 unspecified atom stereocenters. The summed E-state index contributed by atoms with van der Waals surface area (Å²) in [5, 5.41) is 0. The van der Waals surface area contributed by atoms with Crippen LogP contribution < -0.4 is 14.2 Å². The minimum absolute atomic E-state index is 0.467. The van der Waals surface area contributed by atoms with Gasteiger partial charge in [-0.3, -0.25) is 0 Å². The zero-order valence-corrected chi connectivity index (χ0v) is 17.2. The van der Waals surface area contributed by atoms with Gasteiger partial charge in [-0.15, -0.1) is 0 Å². The fourth-order valence-electron chi connectivity index (χ4n) is 2.62. The molecule has 4 nitrogen and oxygen atoms in total. The Hall–Kier alpha value is -3.53. The van der Waals surface area contributed by atoms with Crippen LogP contribution in [-0.2, 0) is 0 Å². The van der Waals surface area contributed by atoms with Crippen molar-refractivity contribution in [3.05, 3.63) is 95.8 Å². The summed E-state index contributed by atoms with van der Waals surface area (Å²) in [5.74, 6) is 2.46. The topological polar surface area (TPSA) is 40.0 Å². The highest BCUT2D eigenvalue weighted by Crippen LogP contribution is 2.27. The molecule has 148 valence electrons. The third-order valence-electron chi connectivity index (χ3n) is 4.45. The van der Waals surface area contributed by atoms with Crippen molar-refractivity contribution in [2.24, 2.45) is 4.99 Å². The van der Waals surface area contributed by atoms with E-state index in [1.165, 1.54) is 11.1 Å².